The minimum atomic E-state index is -1.65. The number of amides is 1. The zero-order valence-corrected chi connectivity index (χ0v) is 13.1. The summed E-state index contributed by atoms with van der Waals surface area (Å²) in [4.78, 5) is 16.4. The summed E-state index contributed by atoms with van der Waals surface area (Å²) in [7, 11) is 0. The third-order valence-electron chi connectivity index (χ3n) is 3.56. The van der Waals surface area contributed by atoms with Crippen LogP contribution in [-0.4, -0.2) is 17.0 Å². The Hall–Kier alpha value is -3.09. The van der Waals surface area contributed by atoms with E-state index in [2.05, 4.69) is 10.3 Å². The first-order valence-corrected chi connectivity index (χ1v) is 7.42. The topological polar surface area (TPSA) is 51.2 Å². The van der Waals surface area contributed by atoms with Gasteiger partial charge in [0.2, 0.25) is 0 Å². The predicted octanol–water partition coefficient (Wildman–Crippen LogP) is 4.06. The van der Waals surface area contributed by atoms with E-state index >= 15 is 0 Å². The van der Waals surface area contributed by atoms with E-state index in [1.54, 1.807) is 24.4 Å². The number of para-hydroxylation sites is 1. The summed E-state index contributed by atoms with van der Waals surface area (Å²) in [5.74, 6) is -4.78. The zero-order chi connectivity index (χ0) is 18.0. The van der Waals surface area contributed by atoms with Crippen LogP contribution < -0.4 is 10.1 Å². The Bertz CT molecular complexity index is 942. The highest BCUT2D eigenvalue weighted by molar-refractivity contribution is 5.94. The van der Waals surface area contributed by atoms with Crippen LogP contribution >= 0.6 is 0 Å². The molecule has 0 aliphatic carbocycles. The van der Waals surface area contributed by atoms with Crippen LogP contribution in [0.3, 0.4) is 0 Å². The number of anilines is 1. The maximum Gasteiger partial charge on any atom is 0.265 e. The minimum absolute atomic E-state index is 0.381. The smallest absolute Gasteiger partial charge is 0.265 e. The molecule has 0 bridgehead atoms. The number of carbonyl (C=O) groups excluding carboxylic acids is 1. The number of carbonyl (C=O) groups is 1. The van der Waals surface area contributed by atoms with Gasteiger partial charge in [0.05, 0.1) is 5.69 Å². The van der Waals surface area contributed by atoms with Crippen molar-refractivity contribution in [3.05, 3.63) is 66.1 Å². The molecule has 0 saturated carbocycles. The Morgan fingerprint density at radius 3 is 2.64 bits per heavy atom. The molecule has 128 valence electrons. The molecule has 1 atom stereocenters. The highest BCUT2D eigenvalue weighted by Crippen LogP contribution is 2.25. The number of halogens is 3. The van der Waals surface area contributed by atoms with E-state index in [1.807, 2.05) is 12.1 Å². The second-order valence-electron chi connectivity index (χ2n) is 5.30. The van der Waals surface area contributed by atoms with E-state index in [0.717, 1.165) is 17.5 Å². The number of hydrogen-bond acceptors (Lipinski definition) is 3. The van der Waals surface area contributed by atoms with Crippen LogP contribution in [0.5, 0.6) is 5.75 Å². The van der Waals surface area contributed by atoms with Crippen LogP contribution in [0.25, 0.3) is 10.9 Å². The molecule has 1 unspecified atom stereocenters. The largest absolute Gasteiger partial charge is 0.479 e. The Morgan fingerprint density at radius 1 is 1.08 bits per heavy atom. The number of benzene rings is 2. The molecule has 3 aromatic rings. The van der Waals surface area contributed by atoms with Gasteiger partial charge in [0.25, 0.3) is 5.91 Å². The molecule has 1 N–H and O–H groups in total. The number of hydrogen-bond donors (Lipinski definition) is 1. The van der Waals surface area contributed by atoms with Gasteiger partial charge in [0.1, 0.15) is 11.3 Å². The second-order valence-corrected chi connectivity index (χ2v) is 5.30. The number of ether oxygens (including phenoxy) is 1. The summed E-state index contributed by atoms with van der Waals surface area (Å²) in [6.07, 6.45) is 0.580. The van der Waals surface area contributed by atoms with E-state index in [-0.39, 0.29) is 0 Å². The first-order valence-electron chi connectivity index (χ1n) is 7.42. The van der Waals surface area contributed by atoms with Gasteiger partial charge in [-0.05, 0) is 31.2 Å². The molecule has 25 heavy (non-hydrogen) atoms. The molecule has 1 heterocycles. The molecule has 1 aromatic heterocycles. The molecule has 1 amide bonds. The monoisotopic (exact) mass is 346 g/mol. The fourth-order valence-corrected chi connectivity index (χ4v) is 2.27. The Balaban J connectivity index is 1.78. The zero-order valence-electron chi connectivity index (χ0n) is 13.1. The van der Waals surface area contributed by atoms with Crippen molar-refractivity contribution >= 4 is 22.5 Å². The Labute approximate surface area is 141 Å². The fraction of sp³-hybridized carbons (Fsp3) is 0.111. The maximum atomic E-state index is 13.6. The van der Waals surface area contributed by atoms with Crippen molar-refractivity contribution in [3.8, 4) is 5.75 Å². The SMILES string of the molecule is CC(Oc1cccc2cccnc12)C(=O)Nc1ccc(F)c(F)c1F. The summed E-state index contributed by atoms with van der Waals surface area (Å²) in [6, 6.07) is 10.5. The van der Waals surface area contributed by atoms with Crippen molar-refractivity contribution in [3.63, 3.8) is 0 Å². The summed E-state index contributed by atoms with van der Waals surface area (Å²) in [5.41, 5.74) is 0.110. The summed E-state index contributed by atoms with van der Waals surface area (Å²) in [5, 5.41) is 3.01. The molecular formula is C18H13F3N2O2. The van der Waals surface area contributed by atoms with Gasteiger partial charge in [-0.1, -0.05) is 18.2 Å². The quantitative estimate of drug-likeness (QED) is 0.725. The average Bonchev–Trinajstić information content (AvgIpc) is 2.62. The van der Waals surface area contributed by atoms with Crippen molar-refractivity contribution in [2.75, 3.05) is 5.32 Å². The van der Waals surface area contributed by atoms with Crippen LogP contribution in [0.4, 0.5) is 18.9 Å². The van der Waals surface area contributed by atoms with Crippen LogP contribution in [0.15, 0.2) is 48.7 Å². The maximum absolute atomic E-state index is 13.6. The molecule has 0 saturated heterocycles. The number of nitrogens with one attached hydrogen (secondary N) is 1. The fourth-order valence-electron chi connectivity index (χ4n) is 2.27. The predicted molar refractivity (Wildman–Crippen MR) is 86.8 cm³/mol. The van der Waals surface area contributed by atoms with Crippen molar-refractivity contribution < 1.29 is 22.7 Å². The van der Waals surface area contributed by atoms with Gasteiger partial charge < -0.3 is 10.1 Å². The van der Waals surface area contributed by atoms with E-state index in [0.29, 0.717) is 11.3 Å². The van der Waals surface area contributed by atoms with Gasteiger partial charge in [-0.15, -0.1) is 0 Å². The second kappa shape index (κ2) is 6.80. The van der Waals surface area contributed by atoms with Gasteiger partial charge in [0, 0.05) is 11.6 Å². The number of fused-ring (bicyclic) bond motifs is 1. The van der Waals surface area contributed by atoms with Crippen molar-refractivity contribution in [1.29, 1.82) is 0 Å². The lowest BCUT2D eigenvalue weighted by molar-refractivity contribution is -0.122. The van der Waals surface area contributed by atoms with Crippen LogP contribution in [0.2, 0.25) is 0 Å². The average molecular weight is 346 g/mol. The molecule has 0 aliphatic heterocycles. The molecule has 7 heteroatoms. The van der Waals surface area contributed by atoms with Crippen molar-refractivity contribution in [2.45, 2.75) is 13.0 Å². The minimum Gasteiger partial charge on any atom is -0.479 e. The number of pyridine rings is 1. The molecule has 0 aliphatic rings. The molecular weight excluding hydrogens is 333 g/mol. The number of rotatable bonds is 4. The molecule has 3 rings (SSSR count). The third-order valence-corrected chi connectivity index (χ3v) is 3.56. The first kappa shape index (κ1) is 16.8. The van der Waals surface area contributed by atoms with Gasteiger partial charge in [-0.2, -0.15) is 0 Å². The number of nitrogens with zero attached hydrogens (tertiary/aromatic N) is 1. The first-order chi connectivity index (χ1) is 12.0. The summed E-state index contributed by atoms with van der Waals surface area (Å²) in [6.45, 7) is 1.45. The summed E-state index contributed by atoms with van der Waals surface area (Å²) >= 11 is 0. The normalized spacial score (nSPS) is 12.0. The van der Waals surface area contributed by atoms with Gasteiger partial charge >= 0.3 is 0 Å². The van der Waals surface area contributed by atoms with Gasteiger partial charge in [-0.3, -0.25) is 9.78 Å². The van der Waals surface area contributed by atoms with Crippen LogP contribution in [-0.2, 0) is 4.79 Å². The molecule has 0 spiro atoms. The van der Waals surface area contributed by atoms with Gasteiger partial charge in [0.15, 0.2) is 23.6 Å². The summed E-state index contributed by atoms with van der Waals surface area (Å²) < 4.78 is 45.4. The molecule has 0 fully saturated rings. The van der Waals surface area contributed by atoms with Crippen molar-refractivity contribution in [1.82, 2.24) is 4.98 Å². The van der Waals surface area contributed by atoms with Gasteiger partial charge in [-0.25, -0.2) is 13.2 Å². The third kappa shape index (κ3) is 3.40. The van der Waals surface area contributed by atoms with Crippen LogP contribution in [0, 0.1) is 17.5 Å². The standard InChI is InChI=1S/C18H13F3N2O2/c1-10(18(24)23-13-8-7-12(19)15(20)16(13)21)25-14-6-2-4-11-5-3-9-22-17(11)14/h2-10H,1H3,(H,23,24). The molecule has 0 radical (unpaired) electrons. The van der Waals surface area contributed by atoms with E-state index in [4.69, 9.17) is 4.74 Å². The highest BCUT2D eigenvalue weighted by Gasteiger charge is 2.20. The van der Waals surface area contributed by atoms with Crippen molar-refractivity contribution in [2.24, 2.45) is 0 Å². The van der Waals surface area contributed by atoms with E-state index < -0.39 is 35.2 Å². The van der Waals surface area contributed by atoms with E-state index in [9.17, 15) is 18.0 Å². The molecule has 4 nitrogen and oxygen atoms in total. The number of aromatic nitrogens is 1. The molecule has 2 aromatic carbocycles. The lowest BCUT2D eigenvalue weighted by Crippen LogP contribution is -2.30. The van der Waals surface area contributed by atoms with Crippen LogP contribution in [0.1, 0.15) is 6.92 Å². The Kier molecular flexibility index (Phi) is 4.56. The Morgan fingerprint density at radius 2 is 1.84 bits per heavy atom. The lowest BCUT2D eigenvalue weighted by Gasteiger charge is -2.16. The lowest BCUT2D eigenvalue weighted by atomic mass is 10.2. The highest BCUT2D eigenvalue weighted by atomic mass is 19.2. The van der Waals surface area contributed by atoms with E-state index in [1.165, 1.54) is 6.92 Å².